The van der Waals surface area contributed by atoms with Gasteiger partial charge in [-0.15, -0.1) is 0 Å². The van der Waals surface area contributed by atoms with E-state index in [1.807, 2.05) is 0 Å². The average Bonchev–Trinajstić information content (AvgIpc) is 2.36. The van der Waals surface area contributed by atoms with Gasteiger partial charge in [-0.1, -0.05) is 0 Å². The zero-order valence-corrected chi connectivity index (χ0v) is 10.5. The van der Waals surface area contributed by atoms with Gasteiger partial charge in [0, 0.05) is 0 Å². The number of benzene rings is 1. The molecule has 1 aromatic carbocycles. The van der Waals surface area contributed by atoms with Crippen LogP contribution in [0.4, 0.5) is 0 Å². The summed E-state index contributed by atoms with van der Waals surface area (Å²) in [6.45, 7) is 1.80. The first-order valence-electron chi connectivity index (χ1n) is 5.34. The van der Waals surface area contributed by atoms with Crippen LogP contribution in [0.3, 0.4) is 0 Å². The Balaban J connectivity index is 3.11. The molecule has 100 valence electrons. The topological polar surface area (TPSA) is 85.2 Å². The molecule has 0 spiro atoms. The van der Waals surface area contributed by atoms with E-state index in [1.165, 1.54) is 26.4 Å². The molecule has 2 N–H and O–H groups in total. The quantitative estimate of drug-likeness (QED) is 0.765. The van der Waals surface area contributed by atoms with E-state index >= 15 is 0 Å². The number of aliphatic hydroxyl groups is 1. The Labute approximate surface area is 105 Å². The minimum atomic E-state index is -1.48. The van der Waals surface area contributed by atoms with Gasteiger partial charge in [0.05, 0.1) is 20.8 Å². The summed E-state index contributed by atoms with van der Waals surface area (Å²) in [4.78, 5) is 11.4. The summed E-state index contributed by atoms with van der Waals surface area (Å²) in [7, 11) is 2.76. The maximum atomic E-state index is 11.4. The summed E-state index contributed by atoms with van der Waals surface area (Å²) in [5.41, 5.74) is 0.170. The third kappa shape index (κ3) is 2.84. The average molecular weight is 256 g/mol. The van der Waals surface area contributed by atoms with Gasteiger partial charge < -0.3 is 24.4 Å². The number of esters is 1. The number of aromatic hydroxyl groups is 1. The van der Waals surface area contributed by atoms with Gasteiger partial charge >= 0.3 is 5.97 Å². The van der Waals surface area contributed by atoms with E-state index in [4.69, 9.17) is 9.47 Å². The number of ether oxygens (including phenoxy) is 3. The predicted molar refractivity (Wildman–Crippen MR) is 62.8 cm³/mol. The Morgan fingerprint density at radius 1 is 1.33 bits per heavy atom. The molecular formula is C12H16O6. The van der Waals surface area contributed by atoms with Gasteiger partial charge in [0.15, 0.2) is 17.6 Å². The first-order valence-corrected chi connectivity index (χ1v) is 5.34. The Morgan fingerprint density at radius 2 is 2.00 bits per heavy atom. The Kier molecular flexibility index (Phi) is 4.79. The maximum absolute atomic E-state index is 11.4. The maximum Gasteiger partial charge on any atom is 0.339 e. The number of aliphatic hydroxyl groups excluding tert-OH is 1. The lowest BCUT2D eigenvalue weighted by molar-refractivity contribution is -0.153. The molecule has 0 fully saturated rings. The van der Waals surface area contributed by atoms with Gasteiger partial charge in [0.25, 0.3) is 0 Å². The van der Waals surface area contributed by atoms with Gasteiger partial charge in [0.2, 0.25) is 5.75 Å². The van der Waals surface area contributed by atoms with Crippen molar-refractivity contribution < 1.29 is 29.2 Å². The molecule has 0 aliphatic carbocycles. The van der Waals surface area contributed by atoms with Crippen LogP contribution in [0.25, 0.3) is 0 Å². The summed E-state index contributed by atoms with van der Waals surface area (Å²) in [6, 6.07) is 2.63. The van der Waals surface area contributed by atoms with E-state index in [-0.39, 0.29) is 29.4 Å². The Bertz CT molecular complexity index is 429. The SMILES string of the molecule is CCOC(=O)C(O)c1cc(O)c(OC)c(OC)c1. The van der Waals surface area contributed by atoms with Crippen LogP contribution in [0.15, 0.2) is 12.1 Å². The Hall–Kier alpha value is -1.95. The molecular weight excluding hydrogens is 240 g/mol. The lowest BCUT2D eigenvalue weighted by Gasteiger charge is -2.14. The second kappa shape index (κ2) is 6.11. The summed E-state index contributed by atoms with van der Waals surface area (Å²) in [5, 5.41) is 19.4. The fourth-order valence-electron chi connectivity index (χ4n) is 1.48. The standard InChI is InChI=1S/C12H16O6/c1-4-18-12(15)10(14)7-5-8(13)11(17-3)9(6-7)16-2/h5-6,10,13-14H,4H2,1-3H3. The molecule has 6 heteroatoms. The van der Waals surface area contributed by atoms with Crippen molar-refractivity contribution in [3.05, 3.63) is 17.7 Å². The molecule has 1 atom stereocenters. The van der Waals surface area contributed by atoms with Gasteiger partial charge in [-0.3, -0.25) is 0 Å². The van der Waals surface area contributed by atoms with Crippen molar-refractivity contribution in [1.82, 2.24) is 0 Å². The summed E-state index contributed by atoms with van der Waals surface area (Å²) < 4.78 is 14.6. The molecule has 1 aromatic rings. The van der Waals surface area contributed by atoms with Crippen molar-refractivity contribution in [2.45, 2.75) is 13.0 Å². The van der Waals surface area contributed by atoms with Crippen LogP contribution >= 0.6 is 0 Å². The van der Waals surface area contributed by atoms with Crippen molar-refractivity contribution in [2.75, 3.05) is 20.8 Å². The molecule has 0 aliphatic heterocycles. The van der Waals surface area contributed by atoms with Crippen LogP contribution in [0.5, 0.6) is 17.2 Å². The first kappa shape index (κ1) is 14.1. The number of phenols is 1. The molecule has 1 unspecified atom stereocenters. The fourth-order valence-corrected chi connectivity index (χ4v) is 1.48. The number of phenolic OH excluding ortho intramolecular Hbond substituents is 1. The molecule has 0 aromatic heterocycles. The van der Waals surface area contributed by atoms with Gasteiger partial charge in [-0.25, -0.2) is 4.79 Å². The van der Waals surface area contributed by atoms with E-state index < -0.39 is 12.1 Å². The van der Waals surface area contributed by atoms with Crippen molar-refractivity contribution in [3.8, 4) is 17.2 Å². The van der Waals surface area contributed by atoms with Crippen molar-refractivity contribution >= 4 is 5.97 Å². The lowest BCUT2D eigenvalue weighted by atomic mass is 10.1. The van der Waals surface area contributed by atoms with Crippen molar-refractivity contribution in [2.24, 2.45) is 0 Å². The highest BCUT2D eigenvalue weighted by atomic mass is 16.5. The second-order valence-corrected chi connectivity index (χ2v) is 3.43. The second-order valence-electron chi connectivity index (χ2n) is 3.43. The van der Waals surface area contributed by atoms with Crippen LogP contribution in [0.1, 0.15) is 18.6 Å². The van der Waals surface area contributed by atoms with Crippen LogP contribution in [-0.4, -0.2) is 37.0 Å². The molecule has 0 radical (unpaired) electrons. The lowest BCUT2D eigenvalue weighted by Crippen LogP contribution is -2.15. The molecule has 0 amide bonds. The van der Waals surface area contributed by atoms with Crippen LogP contribution in [0.2, 0.25) is 0 Å². The molecule has 0 aliphatic rings. The smallest absolute Gasteiger partial charge is 0.339 e. The number of rotatable bonds is 5. The third-order valence-corrected chi connectivity index (χ3v) is 2.31. The van der Waals surface area contributed by atoms with E-state index in [1.54, 1.807) is 6.92 Å². The molecule has 0 heterocycles. The van der Waals surface area contributed by atoms with Crippen LogP contribution in [-0.2, 0) is 9.53 Å². The summed E-state index contributed by atoms with van der Waals surface area (Å²) in [5.74, 6) is -0.660. The number of carbonyl (C=O) groups excluding carboxylic acids is 1. The van der Waals surface area contributed by atoms with Crippen molar-refractivity contribution in [3.63, 3.8) is 0 Å². The third-order valence-electron chi connectivity index (χ3n) is 2.31. The number of hydrogen-bond acceptors (Lipinski definition) is 6. The van der Waals surface area contributed by atoms with Gasteiger partial charge in [-0.05, 0) is 24.6 Å². The molecule has 18 heavy (non-hydrogen) atoms. The monoisotopic (exact) mass is 256 g/mol. The van der Waals surface area contributed by atoms with Gasteiger partial charge in [0.1, 0.15) is 0 Å². The van der Waals surface area contributed by atoms with E-state index in [0.717, 1.165) is 0 Å². The molecule has 0 saturated carbocycles. The molecule has 1 rings (SSSR count). The molecule has 0 saturated heterocycles. The highest BCUT2D eigenvalue weighted by Crippen LogP contribution is 2.39. The molecule has 0 bridgehead atoms. The van der Waals surface area contributed by atoms with Gasteiger partial charge in [-0.2, -0.15) is 0 Å². The normalized spacial score (nSPS) is 11.8. The number of methoxy groups -OCH3 is 2. The number of hydrogen-bond donors (Lipinski definition) is 2. The van der Waals surface area contributed by atoms with E-state index in [2.05, 4.69) is 4.74 Å². The molecule has 6 nitrogen and oxygen atoms in total. The minimum Gasteiger partial charge on any atom is -0.504 e. The Morgan fingerprint density at radius 3 is 2.50 bits per heavy atom. The summed E-state index contributed by atoms with van der Waals surface area (Å²) >= 11 is 0. The predicted octanol–water partition coefficient (Wildman–Crippen LogP) is 1.01. The zero-order valence-electron chi connectivity index (χ0n) is 10.5. The highest BCUT2D eigenvalue weighted by Gasteiger charge is 2.22. The largest absolute Gasteiger partial charge is 0.504 e. The van der Waals surface area contributed by atoms with Crippen molar-refractivity contribution in [1.29, 1.82) is 0 Å². The van der Waals surface area contributed by atoms with E-state index in [0.29, 0.717) is 0 Å². The zero-order chi connectivity index (χ0) is 13.7. The van der Waals surface area contributed by atoms with E-state index in [9.17, 15) is 15.0 Å². The highest BCUT2D eigenvalue weighted by molar-refractivity contribution is 5.77. The van der Waals surface area contributed by atoms with Crippen LogP contribution in [0, 0.1) is 0 Å². The summed E-state index contributed by atoms with van der Waals surface area (Å²) in [6.07, 6.45) is -1.48. The number of carbonyl (C=O) groups is 1. The first-order chi connectivity index (χ1) is 8.54. The fraction of sp³-hybridized carbons (Fsp3) is 0.417. The van der Waals surface area contributed by atoms with Crippen LogP contribution < -0.4 is 9.47 Å². The minimum absolute atomic E-state index is 0.136.